The van der Waals surface area contributed by atoms with Gasteiger partial charge in [-0.05, 0) is 47.4 Å². The van der Waals surface area contributed by atoms with E-state index in [4.69, 9.17) is 0 Å². The first-order chi connectivity index (χ1) is 10.0. The van der Waals surface area contributed by atoms with Gasteiger partial charge in [0.25, 0.3) is 0 Å². The molecule has 2 aromatic rings. The van der Waals surface area contributed by atoms with Crippen molar-refractivity contribution in [3.8, 4) is 0 Å². The zero-order chi connectivity index (χ0) is 15.0. The summed E-state index contributed by atoms with van der Waals surface area (Å²) in [5, 5.41) is 10.3. The zero-order valence-electron chi connectivity index (χ0n) is 11.8. The smallest absolute Gasteiger partial charge is 0.126 e. The number of likely N-dealkylation sites (N-methyl/N-ethyl adjacent to an activating group) is 1. The van der Waals surface area contributed by atoms with Crippen molar-refractivity contribution in [3.63, 3.8) is 0 Å². The zero-order valence-corrected chi connectivity index (χ0v) is 11.8. The number of nitrogens with zero attached hydrogens (tertiary/aromatic N) is 1. The van der Waals surface area contributed by atoms with E-state index in [-0.39, 0.29) is 12.0 Å². The maximum Gasteiger partial charge on any atom is 0.126 e. The maximum absolute atomic E-state index is 13.6. The molecule has 4 heteroatoms. The van der Waals surface area contributed by atoms with Crippen LogP contribution in [0.4, 0.5) is 14.5 Å². The van der Waals surface area contributed by atoms with Gasteiger partial charge in [-0.25, -0.2) is 8.78 Å². The highest BCUT2D eigenvalue weighted by molar-refractivity contribution is 5.58. The van der Waals surface area contributed by atoms with Gasteiger partial charge in [0.2, 0.25) is 0 Å². The molecule has 2 aromatic carbocycles. The number of hydrogen-bond acceptors (Lipinski definition) is 2. The molecule has 0 fully saturated rings. The molecule has 0 saturated carbocycles. The highest BCUT2D eigenvalue weighted by Gasteiger charge is 2.18. The lowest BCUT2D eigenvalue weighted by Crippen LogP contribution is -2.12. The summed E-state index contributed by atoms with van der Waals surface area (Å²) >= 11 is 0. The lowest BCUT2D eigenvalue weighted by atomic mass is 9.98. The first-order valence-electron chi connectivity index (χ1n) is 7.00. The molecular formula is C17H17F2NO. The number of benzene rings is 2. The van der Waals surface area contributed by atoms with Gasteiger partial charge < -0.3 is 10.0 Å². The molecule has 1 heterocycles. The fourth-order valence-electron chi connectivity index (χ4n) is 2.82. The molecule has 3 rings (SSSR count). The van der Waals surface area contributed by atoms with Gasteiger partial charge >= 0.3 is 0 Å². The molecule has 0 saturated heterocycles. The molecule has 21 heavy (non-hydrogen) atoms. The summed E-state index contributed by atoms with van der Waals surface area (Å²) in [4.78, 5) is 2.16. The second kappa shape index (κ2) is 5.45. The third-order valence-electron chi connectivity index (χ3n) is 4.04. The molecule has 110 valence electrons. The summed E-state index contributed by atoms with van der Waals surface area (Å²) in [6.07, 6.45) is 0.177. The molecule has 0 aliphatic carbocycles. The molecule has 0 aromatic heterocycles. The predicted octanol–water partition coefficient (Wildman–Crippen LogP) is 3.23. The van der Waals surface area contributed by atoms with Crippen molar-refractivity contribution in [2.24, 2.45) is 0 Å². The minimum Gasteiger partial charge on any atom is -0.388 e. The standard InChI is InChI=1S/C17H17F2NO/c1-20-7-6-11-8-12(2-5-16(11)20)17(21)10-13-9-14(18)3-4-15(13)19/h2-5,8-9,17,21H,6-7,10H2,1H3. The largest absolute Gasteiger partial charge is 0.388 e. The minimum absolute atomic E-state index is 0.0677. The molecule has 1 N–H and O–H groups in total. The van der Waals surface area contributed by atoms with E-state index in [9.17, 15) is 13.9 Å². The summed E-state index contributed by atoms with van der Waals surface area (Å²) in [5.41, 5.74) is 3.30. The molecule has 0 amide bonds. The maximum atomic E-state index is 13.6. The van der Waals surface area contributed by atoms with Gasteiger partial charge in [-0.2, -0.15) is 0 Å². The van der Waals surface area contributed by atoms with Crippen LogP contribution in [0.5, 0.6) is 0 Å². The Bertz CT molecular complexity index is 672. The topological polar surface area (TPSA) is 23.5 Å². The van der Waals surface area contributed by atoms with Gasteiger partial charge in [-0.15, -0.1) is 0 Å². The van der Waals surface area contributed by atoms with Crippen LogP contribution in [0.25, 0.3) is 0 Å². The van der Waals surface area contributed by atoms with Crippen molar-refractivity contribution >= 4 is 5.69 Å². The third kappa shape index (κ3) is 2.76. The van der Waals surface area contributed by atoms with Crippen molar-refractivity contribution in [2.75, 3.05) is 18.5 Å². The molecule has 1 aliphatic heterocycles. The highest BCUT2D eigenvalue weighted by atomic mass is 19.1. The van der Waals surface area contributed by atoms with Crippen molar-refractivity contribution in [1.82, 2.24) is 0 Å². The van der Waals surface area contributed by atoms with Gasteiger partial charge in [-0.1, -0.05) is 12.1 Å². The first-order valence-corrected chi connectivity index (χ1v) is 7.00. The molecule has 1 atom stereocenters. The monoisotopic (exact) mass is 289 g/mol. The first kappa shape index (κ1) is 14.0. The minimum atomic E-state index is -0.836. The van der Waals surface area contributed by atoms with Crippen molar-refractivity contribution < 1.29 is 13.9 Å². The number of anilines is 1. The summed E-state index contributed by atoms with van der Waals surface area (Å²) in [7, 11) is 2.03. The quantitative estimate of drug-likeness (QED) is 0.937. The lowest BCUT2D eigenvalue weighted by Gasteiger charge is -2.15. The average Bonchev–Trinajstić information content (AvgIpc) is 2.84. The summed E-state index contributed by atoms with van der Waals surface area (Å²) < 4.78 is 26.8. The Kier molecular flexibility index (Phi) is 3.64. The van der Waals surface area contributed by atoms with Crippen LogP contribution in [-0.2, 0) is 12.8 Å². The van der Waals surface area contributed by atoms with Crippen LogP contribution in [0.15, 0.2) is 36.4 Å². The van der Waals surface area contributed by atoms with Crippen LogP contribution in [0.3, 0.4) is 0 Å². The number of hydrogen-bond donors (Lipinski definition) is 1. The Labute approximate surface area is 122 Å². The van der Waals surface area contributed by atoms with Crippen LogP contribution >= 0.6 is 0 Å². The summed E-state index contributed by atoms with van der Waals surface area (Å²) in [5.74, 6) is -0.981. The molecule has 0 radical (unpaired) electrons. The number of aliphatic hydroxyl groups excluding tert-OH is 1. The molecule has 1 unspecified atom stereocenters. The van der Waals surface area contributed by atoms with Crippen molar-refractivity contribution in [2.45, 2.75) is 18.9 Å². The fraction of sp³-hybridized carbons (Fsp3) is 0.294. The molecule has 0 spiro atoms. The lowest BCUT2D eigenvalue weighted by molar-refractivity contribution is 0.177. The highest BCUT2D eigenvalue weighted by Crippen LogP contribution is 2.30. The summed E-state index contributed by atoms with van der Waals surface area (Å²) in [6.45, 7) is 0.966. The van der Waals surface area contributed by atoms with E-state index in [1.54, 1.807) is 0 Å². The van der Waals surface area contributed by atoms with Gasteiger partial charge in [0.1, 0.15) is 11.6 Å². The normalized spacial score (nSPS) is 15.1. The van der Waals surface area contributed by atoms with Crippen LogP contribution < -0.4 is 4.90 Å². The van der Waals surface area contributed by atoms with E-state index in [0.29, 0.717) is 0 Å². The van der Waals surface area contributed by atoms with E-state index in [1.807, 2.05) is 25.2 Å². The SMILES string of the molecule is CN1CCc2cc(C(O)Cc3cc(F)ccc3F)ccc21. The van der Waals surface area contributed by atoms with E-state index in [2.05, 4.69) is 4.90 Å². The Hall–Kier alpha value is -1.94. The van der Waals surface area contributed by atoms with Crippen molar-refractivity contribution in [1.29, 1.82) is 0 Å². The second-order valence-electron chi connectivity index (χ2n) is 5.52. The van der Waals surface area contributed by atoms with Crippen LogP contribution in [0.2, 0.25) is 0 Å². The average molecular weight is 289 g/mol. The van der Waals surface area contributed by atoms with Crippen LogP contribution in [0.1, 0.15) is 22.8 Å². The van der Waals surface area contributed by atoms with Gasteiger partial charge in [-0.3, -0.25) is 0 Å². The number of rotatable bonds is 3. The van der Waals surface area contributed by atoms with E-state index >= 15 is 0 Å². The van der Waals surface area contributed by atoms with Crippen molar-refractivity contribution in [3.05, 3.63) is 64.7 Å². The number of halogens is 2. The number of fused-ring (bicyclic) bond motifs is 1. The Balaban J connectivity index is 1.82. The van der Waals surface area contributed by atoms with E-state index in [0.717, 1.165) is 36.7 Å². The predicted molar refractivity (Wildman–Crippen MR) is 78.4 cm³/mol. The summed E-state index contributed by atoms with van der Waals surface area (Å²) in [6, 6.07) is 9.09. The molecule has 2 nitrogen and oxygen atoms in total. The van der Waals surface area contributed by atoms with Crippen LogP contribution in [-0.4, -0.2) is 18.7 Å². The van der Waals surface area contributed by atoms with Gasteiger partial charge in [0.05, 0.1) is 6.10 Å². The number of aliphatic hydroxyl groups is 1. The van der Waals surface area contributed by atoms with Crippen LogP contribution in [0, 0.1) is 11.6 Å². The third-order valence-corrected chi connectivity index (χ3v) is 4.04. The van der Waals surface area contributed by atoms with E-state index in [1.165, 1.54) is 11.3 Å². The Morgan fingerprint density at radius 2 is 2.00 bits per heavy atom. The molecule has 0 bridgehead atoms. The fourth-order valence-corrected chi connectivity index (χ4v) is 2.82. The Morgan fingerprint density at radius 3 is 2.81 bits per heavy atom. The molecule has 1 aliphatic rings. The van der Waals surface area contributed by atoms with E-state index < -0.39 is 17.7 Å². The molecular weight excluding hydrogens is 272 g/mol. The van der Waals surface area contributed by atoms with Gasteiger partial charge in [0.15, 0.2) is 0 Å². The second-order valence-corrected chi connectivity index (χ2v) is 5.52. The Morgan fingerprint density at radius 1 is 1.19 bits per heavy atom. The van der Waals surface area contributed by atoms with Gasteiger partial charge in [0, 0.05) is 25.7 Å².